The average molecular weight is 363 g/mol. The molecule has 2 aromatic carbocycles. The van der Waals surface area contributed by atoms with Gasteiger partial charge in [-0.05, 0) is 53.3 Å². The molecule has 0 aromatic heterocycles. The summed E-state index contributed by atoms with van der Waals surface area (Å²) in [6.07, 6.45) is 1.19. The second-order valence-corrected chi connectivity index (χ2v) is 8.37. The van der Waals surface area contributed by atoms with E-state index < -0.39 is 5.60 Å². The Hall–Kier alpha value is -1.30. The lowest BCUT2D eigenvalue weighted by molar-refractivity contribution is 0.0989. The Bertz CT molecular complexity index is 602. The first-order chi connectivity index (χ1) is 11.7. The molecule has 24 heavy (non-hydrogen) atoms. The maximum absolute atomic E-state index is 11.8. The third-order valence-electron chi connectivity index (χ3n) is 4.23. The van der Waals surface area contributed by atoms with Crippen LogP contribution < -0.4 is 9.47 Å². The predicted molar refractivity (Wildman–Crippen MR) is 102 cm³/mol. The smallest absolute Gasteiger partial charge is 0.135 e. The molecule has 128 valence electrons. The molecule has 0 unspecified atom stereocenters. The molecule has 0 amide bonds. The number of hydrogen-bond acceptors (Lipinski definition) is 5. The first-order valence-electron chi connectivity index (χ1n) is 7.93. The maximum Gasteiger partial charge on any atom is 0.135 e. The van der Waals surface area contributed by atoms with Crippen molar-refractivity contribution in [2.45, 2.75) is 16.6 Å². The summed E-state index contributed by atoms with van der Waals surface area (Å²) in [5, 5.41) is 11.8. The molecule has 3 nitrogen and oxygen atoms in total. The van der Waals surface area contributed by atoms with Gasteiger partial charge in [-0.25, -0.2) is 0 Å². The average Bonchev–Trinajstić information content (AvgIpc) is 2.68. The summed E-state index contributed by atoms with van der Waals surface area (Å²) in [5.74, 6) is 3.73. The van der Waals surface area contributed by atoms with E-state index in [0.717, 1.165) is 34.1 Å². The van der Waals surface area contributed by atoms with Crippen molar-refractivity contribution < 1.29 is 14.6 Å². The second-order valence-electron chi connectivity index (χ2n) is 5.65. The van der Waals surface area contributed by atoms with Crippen molar-refractivity contribution in [2.75, 3.05) is 25.7 Å². The molecule has 1 aliphatic heterocycles. The molecule has 0 spiro atoms. The van der Waals surface area contributed by atoms with Crippen molar-refractivity contribution in [1.29, 1.82) is 0 Å². The van der Waals surface area contributed by atoms with Gasteiger partial charge in [-0.3, -0.25) is 0 Å². The van der Waals surface area contributed by atoms with Crippen LogP contribution in [-0.4, -0.2) is 35.4 Å². The molecule has 1 saturated heterocycles. The first kappa shape index (κ1) is 17.5. The monoisotopic (exact) mass is 362 g/mol. The van der Waals surface area contributed by atoms with Crippen molar-refractivity contribution >= 4 is 23.5 Å². The fraction of sp³-hybridized carbons (Fsp3) is 0.368. The third kappa shape index (κ3) is 3.39. The van der Waals surface area contributed by atoms with Gasteiger partial charge in [0.2, 0.25) is 0 Å². The Morgan fingerprint density at radius 3 is 1.62 bits per heavy atom. The lowest BCUT2D eigenvalue weighted by Crippen LogP contribution is -2.38. The van der Waals surface area contributed by atoms with Gasteiger partial charge in [-0.2, -0.15) is 0 Å². The Balaban J connectivity index is 2.04. The van der Waals surface area contributed by atoms with Crippen LogP contribution in [0.5, 0.6) is 11.5 Å². The molecule has 1 fully saturated rings. The van der Waals surface area contributed by atoms with Crippen LogP contribution in [0.3, 0.4) is 0 Å². The highest BCUT2D eigenvalue weighted by Gasteiger charge is 2.42. The number of thioether (sulfide) groups is 2. The Morgan fingerprint density at radius 2 is 1.25 bits per heavy atom. The molecule has 1 aliphatic rings. The van der Waals surface area contributed by atoms with Crippen LogP contribution in [0, 0.1) is 0 Å². The zero-order valence-corrected chi connectivity index (χ0v) is 15.5. The summed E-state index contributed by atoms with van der Waals surface area (Å²) < 4.78 is 10.6. The highest BCUT2D eigenvalue weighted by Crippen LogP contribution is 2.47. The van der Waals surface area contributed by atoms with E-state index in [0.29, 0.717) is 0 Å². The number of ether oxygens (including phenoxy) is 2. The number of methoxy groups -OCH3 is 2. The van der Waals surface area contributed by atoms with Gasteiger partial charge < -0.3 is 14.6 Å². The Kier molecular flexibility index (Phi) is 5.64. The summed E-state index contributed by atoms with van der Waals surface area (Å²) in [4.78, 5) is 0. The van der Waals surface area contributed by atoms with Gasteiger partial charge in [-0.15, -0.1) is 23.5 Å². The van der Waals surface area contributed by atoms with Crippen molar-refractivity contribution in [1.82, 2.24) is 0 Å². The van der Waals surface area contributed by atoms with Crippen molar-refractivity contribution in [3.63, 3.8) is 0 Å². The molecule has 0 saturated carbocycles. The standard InChI is InChI=1S/C19H22O3S2/c1-21-16-8-4-14(5-9-16)19(20,18-23-12-3-13-24-18)15-6-10-17(22-2)11-7-15/h4-11,18,20H,3,12-13H2,1-2H3. The summed E-state index contributed by atoms with van der Waals surface area (Å²) in [5.41, 5.74) is 0.731. The zero-order valence-electron chi connectivity index (χ0n) is 13.9. The fourth-order valence-electron chi connectivity index (χ4n) is 2.86. The molecule has 0 aliphatic carbocycles. The van der Waals surface area contributed by atoms with E-state index in [-0.39, 0.29) is 4.58 Å². The van der Waals surface area contributed by atoms with Crippen LogP contribution in [0.15, 0.2) is 48.5 Å². The number of aliphatic hydroxyl groups is 1. The minimum Gasteiger partial charge on any atom is -0.497 e. The van der Waals surface area contributed by atoms with Gasteiger partial charge in [0.1, 0.15) is 17.1 Å². The summed E-state index contributed by atoms with van der Waals surface area (Å²) >= 11 is 3.66. The second kappa shape index (κ2) is 7.72. The van der Waals surface area contributed by atoms with Gasteiger partial charge in [0, 0.05) is 0 Å². The highest BCUT2D eigenvalue weighted by molar-refractivity contribution is 8.17. The van der Waals surface area contributed by atoms with E-state index in [9.17, 15) is 5.11 Å². The first-order valence-corrected chi connectivity index (χ1v) is 10.0. The predicted octanol–water partition coefficient (Wildman–Crippen LogP) is 4.14. The number of rotatable bonds is 5. The molecular weight excluding hydrogens is 340 g/mol. The molecule has 1 heterocycles. The quantitative estimate of drug-likeness (QED) is 0.866. The van der Waals surface area contributed by atoms with E-state index in [4.69, 9.17) is 9.47 Å². The van der Waals surface area contributed by atoms with Crippen LogP contribution in [-0.2, 0) is 5.60 Å². The lowest BCUT2D eigenvalue weighted by atomic mass is 9.87. The summed E-state index contributed by atoms with van der Waals surface area (Å²) in [7, 11) is 3.30. The molecule has 0 atom stereocenters. The van der Waals surface area contributed by atoms with E-state index in [1.54, 1.807) is 14.2 Å². The van der Waals surface area contributed by atoms with Gasteiger partial charge in [0.15, 0.2) is 0 Å². The van der Waals surface area contributed by atoms with Crippen LogP contribution in [0.25, 0.3) is 0 Å². The van der Waals surface area contributed by atoms with Gasteiger partial charge >= 0.3 is 0 Å². The largest absolute Gasteiger partial charge is 0.497 e. The summed E-state index contributed by atoms with van der Waals surface area (Å²) in [6.45, 7) is 0. The van der Waals surface area contributed by atoms with Crippen LogP contribution >= 0.6 is 23.5 Å². The van der Waals surface area contributed by atoms with Gasteiger partial charge in [0.25, 0.3) is 0 Å². The maximum atomic E-state index is 11.8. The lowest BCUT2D eigenvalue weighted by Gasteiger charge is -2.38. The normalized spacial score (nSPS) is 16.0. The van der Waals surface area contributed by atoms with Crippen molar-refractivity contribution in [3.05, 3.63) is 59.7 Å². The van der Waals surface area contributed by atoms with Gasteiger partial charge in [-0.1, -0.05) is 24.3 Å². The van der Waals surface area contributed by atoms with Crippen molar-refractivity contribution in [2.24, 2.45) is 0 Å². The SMILES string of the molecule is COc1ccc(C(O)(c2ccc(OC)cc2)C2SCCCS2)cc1. The highest BCUT2D eigenvalue weighted by atomic mass is 32.2. The van der Waals surface area contributed by atoms with Gasteiger partial charge in [0.05, 0.1) is 18.8 Å². The van der Waals surface area contributed by atoms with Crippen LogP contribution in [0.4, 0.5) is 0 Å². The van der Waals surface area contributed by atoms with E-state index in [2.05, 4.69) is 0 Å². The number of hydrogen-bond donors (Lipinski definition) is 1. The van der Waals surface area contributed by atoms with E-state index >= 15 is 0 Å². The molecule has 3 rings (SSSR count). The van der Waals surface area contributed by atoms with E-state index in [1.165, 1.54) is 6.42 Å². The fourth-order valence-corrected chi connectivity index (χ4v) is 6.08. The molecule has 0 radical (unpaired) electrons. The van der Waals surface area contributed by atoms with Crippen molar-refractivity contribution in [3.8, 4) is 11.5 Å². The van der Waals surface area contributed by atoms with Crippen LogP contribution in [0.1, 0.15) is 17.5 Å². The third-order valence-corrected chi connectivity index (χ3v) is 7.38. The molecule has 0 bridgehead atoms. The molecule has 5 heteroatoms. The minimum absolute atomic E-state index is 0.0630. The molecule has 2 aromatic rings. The Labute approximate surface area is 151 Å². The number of benzene rings is 2. The van der Waals surface area contributed by atoms with E-state index in [1.807, 2.05) is 72.1 Å². The topological polar surface area (TPSA) is 38.7 Å². The van der Waals surface area contributed by atoms with Crippen LogP contribution in [0.2, 0.25) is 0 Å². The Morgan fingerprint density at radius 1 is 0.833 bits per heavy atom. The summed E-state index contributed by atoms with van der Waals surface area (Å²) in [6, 6.07) is 15.4. The molecule has 1 N–H and O–H groups in total. The molecular formula is C19H22O3S2. The zero-order chi connectivity index (χ0) is 17.0. The minimum atomic E-state index is -1.05.